The minimum absolute atomic E-state index is 0. The standard InChI is InChI=1S/C26H31.3ClH.Ti/c1-5-6-13-21-18-19-24(20-21)26(25(2,3)4,22-14-9-7-10-15-22)23-16-11-8-12-17-23;;;;/h7-12,14-18H,5-6,13,19H2,1-4H3;3*1H;/q;;;;+3/p-3. The van der Waals surface area contributed by atoms with E-state index in [9.17, 15) is 0 Å². The smallest absolute Gasteiger partial charge is 1.00 e. The minimum Gasteiger partial charge on any atom is -1.00 e. The summed E-state index contributed by atoms with van der Waals surface area (Å²) >= 11 is 2.36. The predicted molar refractivity (Wildman–Crippen MR) is 112 cm³/mol. The summed E-state index contributed by atoms with van der Waals surface area (Å²) in [6.45, 7) is 9.48. The van der Waals surface area contributed by atoms with Crippen LogP contribution in [0.3, 0.4) is 0 Å². The third-order valence-corrected chi connectivity index (χ3v) is 6.94. The number of allylic oxidation sites excluding steroid dienone is 4. The van der Waals surface area contributed by atoms with Crippen LogP contribution in [0.1, 0.15) is 64.5 Å². The van der Waals surface area contributed by atoms with Crippen LogP contribution in [-0.2, 0) is 25.9 Å². The predicted octanol–water partition coefficient (Wildman–Crippen LogP) is -1.65. The Morgan fingerprint density at radius 2 is 1.27 bits per heavy atom. The fourth-order valence-electron chi connectivity index (χ4n) is 4.77. The zero-order valence-electron chi connectivity index (χ0n) is 18.3. The Kier molecular flexibility index (Phi) is 12.3. The molecule has 0 atom stereocenters. The van der Waals surface area contributed by atoms with Gasteiger partial charge in [-0.2, -0.15) is 0 Å². The first-order valence-corrected chi connectivity index (χ1v) is 11.0. The summed E-state index contributed by atoms with van der Waals surface area (Å²) < 4.78 is 1.52. The van der Waals surface area contributed by atoms with E-state index in [2.05, 4.69) is 115 Å². The minimum atomic E-state index is -0.121. The van der Waals surface area contributed by atoms with Crippen LogP contribution in [0.2, 0.25) is 0 Å². The van der Waals surface area contributed by atoms with E-state index < -0.39 is 0 Å². The summed E-state index contributed by atoms with van der Waals surface area (Å²) in [4.78, 5) is 0. The first-order valence-electron chi connectivity index (χ1n) is 10.2. The van der Waals surface area contributed by atoms with E-state index in [4.69, 9.17) is 0 Å². The molecule has 0 unspecified atom stereocenters. The van der Waals surface area contributed by atoms with Gasteiger partial charge in [-0.15, -0.1) is 0 Å². The Morgan fingerprint density at radius 1 is 0.800 bits per heavy atom. The van der Waals surface area contributed by atoms with Crippen molar-refractivity contribution in [1.82, 2.24) is 0 Å². The molecule has 0 N–H and O–H groups in total. The fraction of sp³-hybridized carbons (Fsp3) is 0.385. The van der Waals surface area contributed by atoms with Gasteiger partial charge < -0.3 is 37.2 Å². The third kappa shape index (κ3) is 5.46. The van der Waals surface area contributed by atoms with Crippen molar-refractivity contribution in [3.8, 4) is 0 Å². The molecule has 2 aromatic carbocycles. The van der Waals surface area contributed by atoms with Crippen LogP contribution in [0.25, 0.3) is 0 Å². The first kappa shape index (κ1) is 29.5. The van der Waals surface area contributed by atoms with Gasteiger partial charge >= 0.3 is 178 Å². The Morgan fingerprint density at radius 3 is 1.67 bits per heavy atom. The van der Waals surface area contributed by atoms with Gasteiger partial charge in [0.25, 0.3) is 0 Å². The van der Waals surface area contributed by atoms with Crippen LogP contribution < -0.4 is 37.2 Å². The maximum absolute atomic E-state index is 2.49. The third-order valence-electron chi connectivity index (χ3n) is 5.97. The topological polar surface area (TPSA) is 0 Å². The first-order chi connectivity index (χ1) is 12.9. The molecule has 0 heterocycles. The summed E-state index contributed by atoms with van der Waals surface area (Å²) in [6.07, 6.45) is 7.28. The molecule has 4 heteroatoms. The molecule has 1 aliphatic carbocycles. The summed E-state index contributed by atoms with van der Waals surface area (Å²) in [6, 6.07) is 22.3. The van der Waals surface area contributed by atoms with Crippen molar-refractivity contribution in [2.75, 3.05) is 0 Å². The molecule has 0 fully saturated rings. The van der Waals surface area contributed by atoms with Crippen LogP contribution >= 0.6 is 0 Å². The average Bonchev–Trinajstić information content (AvgIpc) is 3.02. The van der Waals surface area contributed by atoms with Crippen LogP contribution in [0.15, 0.2) is 81.8 Å². The number of benzene rings is 2. The van der Waals surface area contributed by atoms with E-state index in [1.165, 1.54) is 34.3 Å². The van der Waals surface area contributed by atoms with E-state index in [-0.39, 0.29) is 48.1 Å². The fourth-order valence-corrected chi connectivity index (χ4v) is 5.57. The van der Waals surface area contributed by atoms with Gasteiger partial charge in [0.15, 0.2) is 0 Å². The number of halogens is 3. The van der Waals surface area contributed by atoms with E-state index in [0.29, 0.717) is 0 Å². The number of hydrogen-bond acceptors (Lipinski definition) is 0. The largest absolute Gasteiger partial charge is 1.00 e. The van der Waals surface area contributed by atoms with E-state index >= 15 is 0 Å². The Bertz CT molecular complexity index is 794. The van der Waals surface area contributed by atoms with Crippen LogP contribution in [-0.4, -0.2) is 0 Å². The number of rotatable bonds is 6. The molecule has 3 rings (SSSR count). The van der Waals surface area contributed by atoms with Gasteiger partial charge in [-0.3, -0.25) is 0 Å². The van der Waals surface area contributed by atoms with Crippen molar-refractivity contribution in [3.63, 3.8) is 0 Å². The zero-order chi connectivity index (χ0) is 19.5. The van der Waals surface area contributed by atoms with Gasteiger partial charge in [0.2, 0.25) is 0 Å². The van der Waals surface area contributed by atoms with Gasteiger partial charge in [-0.05, 0) is 0 Å². The average molecular weight is 498 g/mol. The Hall–Kier alpha value is -0.496. The molecule has 0 aromatic heterocycles. The van der Waals surface area contributed by atoms with Gasteiger partial charge in [0.05, 0.1) is 0 Å². The maximum atomic E-state index is 2.49. The summed E-state index contributed by atoms with van der Waals surface area (Å²) in [5, 5.41) is 0. The Labute approximate surface area is 213 Å². The van der Waals surface area contributed by atoms with Crippen molar-refractivity contribution in [2.24, 2.45) is 5.41 Å². The van der Waals surface area contributed by atoms with Crippen molar-refractivity contribution < 1.29 is 57.7 Å². The van der Waals surface area contributed by atoms with Crippen LogP contribution in [0.4, 0.5) is 0 Å². The molecule has 1 aliphatic rings. The second kappa shape index (κ2) is 12.5. The quantitative estimate of drug-likeness (QED) is 0.420. The molecule has 0 radical (unpaired) electrons. The SMILES string of the molecule is CCCCC1=CCC(C(c2ccccc2)(c2ccccc2)C(C)(C)C)=[C]1[Ti+3].[Cl-].[Cl-].[Cl-]. The van der Waals surface area contributed by atoms with Crippen molar-refractivity contribution in [3.05, 3.63) is 92.9 Å². The number of unbranched alkanes of at least 4 members (excludes halogenated alkanes) is 1. The van der Waals surface area contributed by atoms with Gasteiger partial charge in [0.1, 0.15) is 0 Å². The normalized spacial score (nSPS) is 13.7. The zero-order valence-corrected chi connectivity index (χ0v) is 22.1. The van der Waals surface area contributed by atoms with Crippen LogP contribution in [0, 0.1) is 5.41 Å². The second-order valence-corrected chi connectivity index (χ2v) is 9.40. The molecular formula is C26H31Cl3Ti. The molecule has 0 saturated carbocycles. The maximum Gasteiger partial charge on any atom is -1.00 e. The molecular weight excluding hydrogens is 467 g/mol. The molecule has 30 heavy (non-hydrogen) atoms. The molecule has 0 nitrogen and oxygen atoms in total. The van der Waals surface area contributed by atoms with Crippen molar-refractivity contribution in [1.29, 1.82) is 0 Å². The van der Waals surface area contributed by atoms with E-state index in [0.717, 1.165) is 6.42 Å². The molecule has 160 valence electrons. The molecule has 2 aromatic rings. The van der Waals surface area contributed by atoms with Gasteiger partial charge in [-0.25, -0.2) is 0 Å². The van der Waals surface area contributed by atoms with E-state index in [1.54, 1.807) is 11.1 Å². The number of hydrogen-bond donors (Lipinski definition) is 0. The molecule has 0 amide bonds. The second-order valence-electron chi connectivity index (χ2n) is 8.62. The van der Waals surface area contributed by atoms with Crippen molar-refractivity contribution >= 4 is 0 Å². The van der Waals surface area contributed by atoms with Crippen LogP contribution in [0.5, 0.6) is 0 Å². The molecule has 0 bridgehead atoms. The summed E-state index contributed by atoms with van der Waals surface area (Å²) in [7, 11) is 0. The van der Waals surface area contributed by atoms with Gasteiger partial charge in [-0.1, -0.05) is 0 Å². The van der Waals surface area contributed by atoms with Crippen molar-refractivity contribution in [2.45, 2.75) is 58.8 Å². The van der Waals surface area contributed by atoms with E-state index in [1.807, 2.05) is 0 Å². The monoisotopic (exact) mass is 496 g/mol. The molecule has 0 saturated heterocycles. The summed E-state index contributed by atoms with van der Waals surface area (Å²) in [5.41, 5.74) is 5.89. The molecule has 0 spiro atoms. The molecule has 0 aliphatic heterocycles. The Balaban J connectivity index is 0.00000280. The van der Waals surface area contributed by atoms with Gasteiger partial charge in [0, 0.05) is 0 Å². The summed E-state index contributed by atoms with van der Waals surface area (Å²) in [5.74, 6) is 0.